The number of carbonyl (C=O) groups excluding carboxylic acids is 2. The van der Waals surface area contributed by atoms with Gasteiger partial charge in [-0.15, -0.1) is 11.3 Å². The van der Waals surface area contributed by atoms with E-state index in [0.29, 0.717) is 23.1 Å². The number of benzene rings is 2. The summed E-state index contributed by atoms with van der Waals surface area (Å²) >= 11 is 1.17. The van der Waals surface area contributed by atoms with E-state index in [-0.39, 0.29) is 47.3 Å². The second-order valence-electron chi connectivity index (χ2n) is 7.91. The molecule has 1 aliphatic rings. The zero-order valence-electron chi connectivity index (χ0n) is 18.3. The highest BCUT2D eigenvalue weighted by Gasteiger charge is 2.28. The second kappa shape index (κ2) is 9.12. The summed E-state index contributed by atoms with van der Waals surface area (Å²) in [6.45, 7) is 0.496. The minimum Gasteiger partial charge on any atom is -0.338 e. The number of rotatable bonds is 6. The Morgan fingerprint density at radius 2 is 1.91 bits per heavy atom. The number of carbonyl (C=O) groups is 2. The molecule has 0 bridgehead atoms. The summed E-state index contributed by atoms with van der Waals surface area (Å²) in [6, 6.07) is 12.3. The first-order valence-corrected chi connectivity index (χ1v) is 13.0. The quantitative estimate of drug-likeness (QED) is 0.427. The van der Waals surface area contributed by atoms with Crippen LogP contribution in [0.5, 0.6) is 0 Å². The van der Waals surface area contributed by atoms with E-state index in [4.69, 9.17) is 0 Å². The van der Waals surface area contributed by atoms with Crippen molar-refractivity contribution in [1.82, 2.24) is 14.5 Å². The van der Waals surface area contributed by atoms with Crippen LogP contribution in [0.2, 0.25) is 0 Å². The van der Waals surface area contributed by atoms with Gasteiger partial charge in [-0.05, 0) is 42.5 Å². The third-order valence-corrected chi connectivity index (χ3v) is 7.92. The smallest absolute Gasteiger partial charge is 0.263 e. The van der Waals surface area contributed by atoms with Crippen LogP contribution in [-0.4, -0.2) is 54.3 Å². The number of hydrogen-bond donors (Lipinski definition) is 1. The summed E-state index contributed by atoms with van der Waals surface area (Å²) in [4.78, 5) is 32.6. The highest BCUT2D eigenvalue weighted by atomic mass is 32.2. The van der Waals surface area contributed by atoms with Crippen LogP contribution in [0.4, 0.5) is 15.2 Å². The number of aromatic nitrogens is 2. The van der Waals surface area contributed by atoms with Gasteiger partial charge in [0, 0.05) is 41.9 Å². The topological polar surface area (TPSA) is 105 Å². The maximum absolute atomic E-state index is 13.9. The van der Waals surface area contributed by atoms with E-state index in [9.17, 15) is 22.4 Å². The molecule has 1 aliphatic heterocycles. The summed E-state index contributed by atoms with van der Waals surface area (Å²) in [5.41, 5.74) is 1.16. The lowest BCUT2D eigenvalue weighted by Crippen LogP contribution is -2.53. The highest BCUT2D eigenvalue weighted by molar-refractivity contribution is 7.93. The van der Waals surface area contributed by atoms with Gasteiger partial charge < -0.3 is 14.4 Å². The van der Waals surface area contributed by atoms with Crippen LogP contribution in [-0.2, 0) is 26.2 Å². The molecule has 0 unspecified atom stereocenters. The van der Waals surface area contributed by atoms with Crippen LogP contribution in [0.15, 0.2) is 71.2 Å². The minimum atomic E-state index is -3.79. The van der Waals surface area contributed by atoms with Crippen LogP contribution in [0.25, 0.3) is 10.9 Å². The van der Waals surface area contributed by atoms with Gasteiger partial charge in [0.15, 0.2) is 5.13 Å². The molecule has 0 spiro atoms. The van der Waals surface area contributed by atoms with Gasteiger partial charge in [-0.1, -0.05) is 6.07 Å². The zero-order valence-corrected chi connectivity index (χ0v) is 19.9. The molecule has 5 rings (SSSR count). The first-order chi connectivity index (χ1) is 16.8. The molecule has 1 fully saturated rings. The standard InChI is InChI=1S/C23H20FN5O4S2/c24-19-2-1-3-20-18(19)8-10-27(20)14-21(30)28-11-12-29(22(31)15-28)16-4-6-17(7-5-16)35(32,33)26-23-25-9-13-34-23/h1-10,13H,11-12,14-15H2,(H,25,26). The number of anilines is 2. The summed E-state index contributed by atoms with van der Waals surface area (Å²) in [5, 5.41) is 2.37. The van der Waals surface area contributed by atoms with Gasteiger partial charge in [0.2, 0.25) is 11.8 Å². The van der Waals surface area contributed by atoms with E-state index in [0.717, 1.165) is 0 Å². The number of sulfonamides is 1. The second-order valence-corrected chi connectivity index (χ2v) is 10.5. The van der Waals surface area contributed by atoms with E-state index in [1.165, 1.54) is 45.5 Å². The van der Waals surface area contributed by atoms with E-state index >= 15 is 0 Å². The molecular formula is C23H20FN5O4S2. The Hall–Kier alpha value is -3.77. The molecule has 0 aliphatic carbocycles. The number of hydrogen-bond acceptors (Lipinski definition) is 6. The number of amides is 2. The van der Waals surface area contributed by atoms with Crippen LogP contribution < -0.4 is 9.62 Å². The van der Waals surface area contributed by atoms with Crippen molar-refractivity contribution < 1.29 is 22.4 Å². The van der Waals surface area contributed by atoms with Crippen LogP contribution in [0.3, 0.4) is 0 Å². The zero-order chi connectivity index (χ0) is 24.6. The number of thiazole rings is 1. The summed E-state index contributed by atoms with van der Waals surface area (Å²) in [5.74, 6) is -0.866. The Morgan fingerprint density at radius 3 is 2.63 bits per heavy atom. The Labute approximate surface area is 204 Å². The third-order valence-electron chi connectivity index (χ3n) is 5.75. The van der Waals surface area contributed by atoms with Crippen molar-refractivity contribution in [2.75, 3.05) is 29.3 Å². The van der Waals surface area contributed by atoms with Crippen molar-refractivity contribution >= 4 is 54.9 Å². The maximum Gasteiger partial charge on any atom is 0.263 e. The van der Waals surface area contributed by atoms with Gasteiger partial charge in [0.1, 0.15) is 18.9 Å². The molecule has 180 valence electrons. The van der Waals surface area contributed by atoms with Crippen molar-refractivity contribution in [2.45, 2.75) is 11.4 Å². The fraction of sp³-hybridized carbons (Fsp3) is 0.174. The van der Waals surface area contributed by atoms with E-state index < -0.39 is 10.0 Å². The molecule has 9 nitrogen and oxygen atoms in total. The molecule has 35 heavy (non-hydrogen) atoms. The molecule has 0 atom stereocenters. The fourth-order valence-corrected chi connectivity index (χ4v) is 5.77. The molecule has 3 heterocycles. The van der Waals surface area contributed by atoms with Gasteiger partial charge >= 0.3 is 0 Å². The Balaban J connectivity index is 1.23. The normalized spacial score (nSPS) is 14.5. The van der Waals surface area contributed by atoms with E-state index in [1.54, 1.807) is 46.5 Å². The SMILES string of the molecule is O=C(Cn1ccc2c(F)cccc21)N1CCN(c2ccc(S(=O)(=O)Nc3nccs3)cc2)C(=O)C1. The Bertz CT molecular complexity index is 1500. The minimum absolute atomic E-state index is 0.00110. The predicted molar refractivity (Wildman–Crippen MR) is 130 cm³/mol. The van der Waals surface area contributed by atoms with Crippen molar-refractivity contribution in [3.05, 3.63) is 72.1 Å². The number of fused-ring (bicyclic) bond motifs is 1. The third kappa shape index (κ3) is 4.62. The van der Waals surface area contributed by atoms with Crippen molar-refractivity contribution in [3.63, 3.8) is 0 Å². The molecule has 2 aromatic carbocycles. The number of piperazine rings is 1. The van der Waals surface area contributed by atoms with Crippen LogP contribution in [0.1, 0.15) is 0 Å². The summed E-state index contributed by atoms with van der Waals surface area (Å²) in [7, 11) is -3.79. The van der Waals surface area contributed by atoms with Gasteiger partial charge in [-0.3, -0.25) is 14.3 Å². The van der Waals surface area contributed by atoms with Gasteiger partial charge in [0.05, 0.1) is 10.4 Å². The first kappa shape index (κ1) is 23.0. The number of nitrogens with zero attached hydrogens (tertiary/aromatic N) is 4. The average molecular weight is 514 g/mol. The molecule has 12 heteroatoms. The molecule has 1 saturated heterocycles. The van der Waals surface area contributed by atoms with Crippen LogP contribution in [0, 0.1) is 5.82 Å². The Morgan fingerprint density at radius 1 is 1.11 bits per heavy atom. The highest BCUT2D eigenvalue weighted by Crippen LogP contribution is 2.23. The molecule has 0 saturated carbocycles. The molecule has 2 aromatic heterocycles. The molecule has 4 aromatic rings. The number of halogens is 1. The Kier molecular flexibility index (Phi) is 5.99. The summed E-state index contributed by atoms with van der Waals surface area (Å²) < 4.78 is 43.0. The van der Waals surface area contributed by atoms with Crippen molar-refractivity contribution in [2.24, 2.45) is 0 Å². The lowest BCUT2D eigenvalue weighted by molar-refractivity contribution is -0.137. The average Bonchev–Trinajstić information content (AvgIpc) is 3.49. The largest absolute Gasteiger partial charge is 0.338 e. The van der Waals surface area contributed by atoms with E-state index in [1.807, 2.05) is 0 Å². The van der Waals surface area contributed by atoms with Gasteiger partial charge in [-0.2, -0.15) is 0 Å². The monoisotopic (exact) mass is 513 g/mol. The molecule has 2 amide bonds. The van der Waals surface area contributed by atoms with Crippen LogP contribution >= 0.6 is 11.3 Å². The lowest BCUT2D eigenvalue weighted by Gasteiger charge is -2.34. The predicted octanol–water partition coefficient (Wildman–Crippen LogP) is 2.91. The molecular weight excluding hydrogens is 493 g/mol. The van der Waals surface area contributed by atoms with Crippen molar-refractivity contribution in [1.29, 1.82) is 0 Å². The van der Waals surface area contributed by atoms with Gasteiger partial charge in [0.25, 0.3) is 10.0 Å². The molecule has 0 radical (unpaired) electrons. The lowest BCUT2D eigenvalue weighted by atomic mass is 10.2. The maximum atomic E-state index is 13.9. The fourth-order valence-electron chi connectivity index (χ4n) is 3.98. The van der Waals surface area contributed by atoms with Gasteiger partial charge in [-0.25, -0.2) is 17.8 Å². The number of nitrogens with one attached hydrogen (secondary N) is 1. The van der Waals surface area contributed by atoms with E-state index in [2.05, 4.69) is 9.71 Å². The van der Waals surface area contributed by atoms with Crippen molar-refractivity contribution in [3.8, 4) is 0 Å². The summed E-state index contributed by atoms with van der Waals surface area (Å²) in [6.07, 6.45) is 3.16. The molecule has 1 N–H and O–H groups in total. The first-order valence-electron chi connectivity index (χ1n) is 10.7.